The molecular formula is C10H19N3O2. The quantitative estimate of drug-likeness (QED) is 0.764. The van der Waals surface area contributed by atoms with E-state index in [2.05, 4.69) is 5.32 Å². The zero-order valence-corrected chi connectivity index (χ0v) is 9.45. The molecule has 86 valence electrons. The number of hydrogen-bond acceptors (Lipinski definition) is 2. The SMILES string of the molecule is CCCN(CCC)C(=O)N1CCNC1=O. The number of rotatable bonds is 4. The summed E-state index contributed by atoms with van der Waals surface area (Å²) in [6.45, 7) is 6.55. The molecule has 1 aliphatic rings. The van der Waals surface area contributed by atoms with Crippen molar-refractivity contribution in [3.8, 4) is 0 Å². The Morgan fingerprint density at radius 1 is 1.40 bits per heavy atom. The molecule has 0 radical (unpaired) electrons. The molecule has 1 rings (SSSR count). The lowest BCUT2D eigenvalue weighted by Gasteiger charge is -2.25. The van der Waals surface area contributed by atoms with Crippen LogP contribution in [0.1, 0.15) is 26.7 Å². The van der Waals surface area contributed by atoms with Crippen molar-refractivity contribution in [1.82, 2.24) is 15.1 Å². The summed E-state index contributed by atoms with van der Waals surface area (Å²) in [6.07, 6.45) is 1.84. The summed E-state index contributed by atoms with van der Waals surface area (Å²) >= 11 is 0. The van der Waals surface area contributed by atoms with Crippen LogP contribution in [0.15, 0.2) is 0 Å². The number of amides is 4. The van der Waals surface area contributed by atoms with Crippen LogP contribution in [0.4, 0.5) is 9.59 Å². The van der Waals surface area contributed by atoms with Gasteiger partial charge in [0.15, 0.2) is 0 Å². The minimum Gasteiger partial charge on any atom is -0.336 e. The normalized spacial score (nSPS) is 15.3. The Labute approximate surface area is 90.4 Å². The summed E-state index contributed by atoms with van der Waals surface area (Å²) in [5.41, 5.74) is 0. The van der Waals surface area contributed by atoms with Gasteiger partial charge in [-0.15, -0.1) is 0 Å². The average molecular weight is 213 g/mol. The zero-order valence-electron chi connectivity index (χ0n) is 9.45. The number of nitrogens with zero attached hydrogens (tertiary/aromatic N) is 2. The van der Waals surface area contributed by atoms with E-state index in [1.165, 1.54) is 4.90 Å². The van der Waals surface area contributed by atoms with Crippen LogP contribution in [0.25, 0.3) is 0 Å². The summed E-state index contributed by atoms with van der Waals surface area (Å²) in [4.78, 5) is 26.2. The van der Waals surface area contributed by atoms with Gasteiger partial charge >= 0.3 is 12.1 Å². The van der Waals surface area contributed by atoms with Gasteiger partial charge in [-0.1, -0.05) is 13.8 Å². The summed E-state index contributed by atoms with van der Waals surface area (Å²) in [7, 11) is 0. The second kappa shape index (κ2) is 5.58. The molecule has 0 unspecified atom stereocenters. The topological polar surface area (TPSA) is 52.7 Å². The van der Waals surface area contributed by atoms with E-state index in [1.807, 2.05) is 13.8 Å². The minimum absolute atomic E-state index is 0.159. The maximum Gasteiger partial charge on any atom is 0.328 e. The van der Waals surface area contributed by atoms with Crippen LogP contribution in [-0.2, 0) is 0 Å². The van der Waals surface area contributed by atoms with Crippen molar-refractivity contribution in [2.75, 3.05) is 26.2 Å². The third-order valence-electron chi connectivity index (χ3n) is 2.35. The molecule has 0 atom stereocenters. The van der Waals surface area contributed by atoms with Crippen LogP contribution in [0.3, 0.4) is 0 Å². The predicted octanol–water partition coefficient (Wildman–Crippen LogP) is 1.25. The van der Waals surface area contributed by atoms with Crippen molar-refractivity contribution >= 4 is 12.1 Å². The molecule has 0 aromatic heterocycles. The second-order valence-corrected chi connectivity index (χ2v) is 3.65. The Bertz CT molecular complexity index is 237. The number of nitrogens with one attached hydrogen (secondary N) is 1. The average Bonchev–Trinajstić information content (AvgIpc) is 2.63. The lowest BCUT2D eigenvalue weighted by molar-refractivity contribution is 0.163. The largest absolute Gasteiger partial charge is 0.336 e. The van der Waals surface area contributed by atoms with Crippen molar-refractivity contribution in [2.45, 2.75) is 26.7 Å². The van der Waals surface area contributed by atoms with Gasteiger partial charge in [0.2, 0.25) is 0 Å². The van der Waals surface area contributed by atoms with E-state index in [-0.39, 0.29) is 12.1 Å². The van der Waals surface area contributed by atoms with E-state index in [1.54, 1.807) is 4.90 Å². The van der Waals surface area contributed by atoms with Gasteiger partial charge in [-0.3, -0.25) is 0 Å². The van der Waals surface area contributed by atoms with Crippen LogP contribution < -0.4 is 5.32 Å². The molecule has 5 heteroatoms. The van der Waals surface area contributed by atoms with E-state index >= 15 is 0 Å². The molecule has 15 heavy (non-hydrogen) atoms. The standard InChI is InChI=1S/C10H19N3O2/c1-3-6-12(7-4-2)10(15)13-8-5-11-9(13)14/h3-8H2,1-2H3,(H,11,14). The maximum atomic E-state index is 11.9. The fraction of sp³-hybridized carbons (Fsp3) is 0.800. The van der Waals surface area contributed by atoms with Gasteiger partial charge in [-0.2, -0.15) is 0 Å². The molecule has 1 fully saturated rings. The minimum atomic E-state index is -0.266. The highest BCUT2D eigenvalue weighted by Crippen LogP contribution is 2.05. The predicted molar refractivity (Wildman–Crippen MR) is 57.7 cm³/mol. The fourth-order valence-electron chi connectivity index (χ4n) is 1.67. The van der Waals surface area contributed by atoms with Gasteiger partial charge in [0.25, 0.3) is 0 Å². The molecule has 0 aromatic carbocycles. The molecule has 0 aliphatic carbocycles. The Hall–Kier alpha value is -1.26. The molecule has 1 aliphatic heterocycles. The number of urea groups is 2. The highest BCUT2D eigenvalue weighted by Gasteiger charge is 2.29. The molecule has 5 nitrogen and oxygen atoms in total. The van der Waals surface area contributed by atoms with E-state index in [0.717, 1.165) is 25.9 Å². The maximum absolute atomic E-state index is 11.9. The summed E-state index contributed by atoms with van der Waals surface area (Å²) in [6, 6.07) is -0.425. The molecule has 1 saturated heterocycles. The third kappa shape index (κ3) is 2.84. The van der Waals surface area contributed by atoms with Gasteiger partial charge in [0.05, 0.1) is 0 Å². The number of imide groups is 1. The van der Waals surface area contributed by atoms with Crippen LogP contribution in [0.2, 0.25) is 0 Å². The van der Waals surface area contributed by atoms with Gasteiger partial charge in [0.1, 0.15) is 0 Å². The van der Waals surface area contributed by atoms with E-state index in [4.69, 9.17) is 0 Å². The van der Waals surface area contributed by atoms with Crippen molar-refractivity contribution in [1.29, 1.82) is 0 Å². The molecular weight excluding hydrogens is 194 g/mol. The monoisotopic (exact) mass is 213 g/mol. The highest BCUT2D eigenvalue weighted by atomic mass is 16.2. The second-order valence-electron chi connectivity index (χ2n) is 3.65. The lowest BCUT2D eigenvalue weighted by Crippen LogP contribution is -2.45. The van der Waals surface area contributed by atoms with Gasteiger partial charge < -0.3 is 10.2 Å². The van der Waals surface area contributed by atoms with Gasteiger partial charge in [0, 0.05) is 26.2 Å². The van der Waals surface area contributed by atoms with Crippen molar-refractivity contribution in [3.63, 3.8) is 0 Å². The molecule has 4 amide bonds. The zero-order chi connectivity index (χ0) is 11.3. The van der Waals surface area contributed by atoms with Crippen molar-refractivity contribution in [3.05, 3.63) is 0 Å². The number of hydrogen-bond donors (Lipinski definition) is 1. The first-order chi connectivity index (χ1) is 7.20. The van der Waals surface area contributed by atoms with E-state index in [0.29, 0.717) is 13.1 Å². The van der Waals surface area contributed by atoms with E-state index < -0.39 is 0 Å². The van der Waals surface area contributed by atoms with Crippen molar-refractivity contribution < 1.29 is 9.59 Å². The first-order valence-corrected chi connectivity index (χ1v) is 5.55. The van der Waals surface area contributed by atoms with Gasteiger partial charge in [-0.05, 0) is 12.8 Å². The first-order valence-electron chi connectivity index (χ1n) is 5.55. The Morgan fingerprint density at radius 2 is 2.00 bits per heavy atom. The molecule has 0 bridgehead atoms. The van der Waals surface area contributed by atoms with Gasteiger partial charge in [-0.25, -0.2) is 14.5 Å². The molecule has 0 saturated carbocycles. The van der Waals surface area contributed by atoms with Crippen LogP contribution in [-0.4, -0.2) is 48.0 Å². The fourth-order valence-corrected chi connectivity index (χ4v) is 1.67. The Kier molecular flexibility index (Phi) is 4.39. The first kappa shape index (κ1) is 11.8. The molecule has 1 N–H and O–H groups in total. The van der Waals surface area contributed by atoms with E-state index in [9.17, 15) is 9.59 Å². The molecule has 0 spiro atoms. The smallest absolute Gasteiger partial charge is 0.328 e. The number of carbonyl (C=O) groups excluding carboxylic acids is 2. The van der Waals surface area contributed by atoms with Crippen LogP contribution in [0.5, 0.6) is 0 Å². The van der Waals surface area contributed by atoms with Crippen LogP contribution in [0, 0.1) is 0 Å². The summed E-state index contributed by atoms with van der Waals surface area (Å²) < 4.78 is 0. The molecule has 0 aromatic rings. The van der Waals surface area contributed by atoms with Crippen LogP contribution >= 0.6 is 0 Å². The summed E-state index contributed by atoms with van der Waals surface area (Å²) in [5, 5.41) is 2.63. The number of carbonyl (C=O) groups is 2. The summed E-state index contributed by atoms with van der Waals surface area (Å²) in [5.74, 6) is 0. The molecule has 1 heterocycles. The highest BCUT2D eigenvalue weighted by molar-refractivity contribution is 5.94. The Morgan fingerprint density at radius 3 is 2.40 bits per heavy atom. The third-order valence-corrected chi connectivity index (χ3v) is 2.35. The Balaban J connectivity index is 2.57. The van der Waals surface area contributed by atoms with Crippen molar-refractivity contribution in [2.24, 2.45) is 0 Å². The lowest BCUT2D eigenvalue weighted by atomic mass is 10.3.